The molecular formula is C21H28N2O3. The van der Waals surface area contributed by atoms with Crippen LogP contribution in [0.25, 0.3) is 10.9 Å². The summed E-state index contributed by atoms with van der Waals surface area (Å²) in [6.07, 6.45) is 7.42. The Balaban J connectivity index is 1.34. The number of nitrogens with one attached hydrogen (secondary N) is 1. The third-order valence-electron chi connectivity index (χ3n) is 6.12. The van der Waals surface area contributed by atoms with Crippen LogP contribution >= 0.6 is 0 Å². The average molecular weight is 356 g/mol. The van der Waals surface area contributed by atoms with E-state index in [1.54, 1.807) is 7.11 Å². The van der Waals surface area contributed by atoms with Crippen molar-refractivity contribution in [1.29, 1.82) is 0 Å². The van der Waals surface area contributed by atoms with Gasteiger partial charge in [0, 0.05) is 50.3 Å². The molecular weight excluding hydrogens is 328 g/mol. The van der Waals surface area contributed by atoms with Crippen LogP contribution in [-0.4, -0.2) is 54.3 Å². The number of fused-ring (bicyclic) bond motifs is 1. The van der Waals surface area contributed by atoms with Crippen molar-refractivity contribution in [3.8, 4) is 0 Å². The summed E-state index contributed by atoms with van der Waals surface area (Å²) >= 11 is 0. The van der Waals surface area contributed by atoms with E-state index in [1.807, 2.05) is 23.2 Å². The number of amides is 1. The SMILES string of the molecule is CO[C@H]1CCCOC12CCN(C(=O)CCc1c[nH]c3ccccc13)CC2. The molecule has 0 radical (unpaired) electrons. The number of carbonyl (C=O) groups excluding carboxylic acids is 1. The molecule has 1 amide bonds. The number of para-hydroxylation sites is 1. The zero-order valence-corrected chi connectivity index (χ0v) is 15.5. The molecule has 1 atom stereocenters. The maximum atomic E-state index is 12.7. The Morgan fingerprint density at radius 3 is 2.96 bits per heavy atom. The summed E-state index contributed by atoms with van der Waals surface area (Å²) in [5, 5.41) is 1.22. The first-order valence-electron chi connectivity index (χ1n) is 9.71. The standard InChI is InChI=1S/C21H28N2O3/c1-25-19-7-4-14-26-21(19)10-12-23(13-11-21)20(24)9-8-16-15-22-18-6-3-2-5-17(16)18/h2-3,5-6,15,19,22H,4,7-14H2,1H3/t19-/m0/s1. The molecule has 5 nitrogen and oxygen atoms in total. The number of H-pyrrole nitrogens is 1. The topological polar surface area (TPSA) is 54.6 Å². The van der Waals surface area contributed by atoms with Crippen molar-refractivity contribution in [3.05, 3.63) is 36.0 Å². The first-order chi connectivity index (χ1) is 12.7. The third-order valence-corrected chi connectivity index (χ3v) is 6.12. The summed E-state index contributed by atoms with van der Waals surface area (Å²) < 4.78 is 11.8. The number of benzene rings is 1. The van der Waals surface area contributed by atoms with E-state index in [-0.39, 0.29) is 17.6 Å². The molecule has 1 aromatic carbocycles. The Morgan fingerprint density at radius 1 is 1.35 bits per heavy atom. The van der Waals surface area contributed by atoms with Gasteiger partial charge in [-0.3, -0.25) is 4.79 Å². The van der Waals surface area contributed by atoms with Crippen LogP contribution in [0.4, 0.5) is 0 Å². The van der Waals surface area contributed by atoms with E-state index in [2.05, 4.69) is 17.1 Å². The predicted octanol–water partition coefficient (Wildman–Crippen LogP) is 3.29. The zero-order chi connectivity index (χ0) is 18.0. The Kier molecular flexibility index (Phi) is 5.00. The highest BCUT2D eigenvalue weighted by molar-refractivity contribution is 5.84. The van der Waals surface area contributed by atoms with E-state index < -0.39 is 0 Å². The van der Waals surface area contributed by atoms with E-state index in [9.17, 15) is 4.79 Å². The molecule has 140 valence electrons. The van der Waals surface area contributed by atoms with Crippen LogP contribution in [0.2, 0.25) is 0 Å². The molecule has 5 heteroatoms. The Morgan fingerprint density at radius 2 is 2.15 bits per heavy atom. The van der Waals surface area contributed by atoms with Crippen molar-refractivity contribution in [2.24, 2.45) is 0 Å². The quantitative estimate of drug-likeness (QED) is 0.915. The van der Waals surface area contributed by atoms with Gasteiger partial charge in [0.05, 0.1) is 11.7 Å². The van der Waals surface area contributed by atoms with Crippen molar-refractivity contribution in [2.75, 3.05) is 26.8 Å². The third kappa shape index (κ3) is 3.26. The molecule has 1 spiro atoms. The summed E-state index contributed by atoms with van der Waals surface area (Å²) in [5.74, 6) is 0.245. The molecule has 0 aliphatic carbocycles. The minimum absolute atomic E-state index is 0.166. The van der Waals surface area contributed by atoms with Crippen molar-refractivity contribution in [3.63, 3.8) is 0 Å². The minimum Gasteiger partial charge on any atom is -0.378 e. The van der Waals surface area contributed by atoms with Gasteiger partial charge in [-0.2, -0.15) is 0 Å². The highest BCUT2D eigenvalue weighted by Gasteiger charge is 2.45. The molecule has 2 fully saturated rings. The van der Waals surface area contributed by atoms with Gasteiger partial charge in [0.25, 0.3) is 0 Å². The molecule has 0 saturated carbocycles. The largest absolute Gasteiger partial charge is 0.378 e. The van der Waals surface area contributed by atoms with Crippen molar-refractivity contribution >= 4 is 16.8 Å². The lowest BCUT2D eigenvalue weighted by molar-refractivity contribution is -0.188. The van der Waals surface area contributed by atoms with Crippen molar-refractivity contribution < 1.29 is 14.3 Å². The molecule has 0 unspecified atom stereocenters. The zero-order valence-electron chi connectivity index (χ0n) is 15.5. The van der Waals surface area contributed by atoms with Gasteiger partial charge in [0.1, 0.15) is 0 Å². The van der Waals surface area contributed by atoms with E-state index in [0.29, 0.717) is 6.42 Å². The van der Waals surface area contributed by atoms with Gasteiger partial charge in [-0.05, 0) is 43.7 Å². The van der Waals surface area contributed by atoms with Crippen LogP contribution in [0, 0.1) is 0 Å². The molecule has 26 heavy (non-hydrogen) atoms. The fraction of sp³-hybridized carbons (Fsp3) is 0.571. The fourth-order valence-electron chi connectivity index (χ4n) is 4.57. The van der Waals surface area contributed by atoms with Crippen LogP contribution in [0.3, 0.4) is 0 Å². The molecule has 1 N–H and O–H groups in total. The maximum Gasteiger partial charge on any atom is 0.222 e. The van der Waals surface area contributed by atoms with E-state index in [0.717, 1.165) is 57.3 Å². The lowest BCUT2D eigenvalue weighted by Gasteiger charge is -2.48. The summed E-state index contributed by atoms with van der Waals surface area (Å²) in [6.45, 7) is 2.35. The maximum absolute atomic E-state index is 12.7. The second-order valence-corrected chi connectivity index (χ2v) is 7.52. The molecule has 2 saturated heterocycles. The fourth-order valence-corrected chi connectivity index (χ4v) is 4.57. The van der Waals surface area contributed by atoms with Gasteiger partial charge in [-0.1, -0.05) is 18.2 Å². The lowest BCUT2D eigenvalue weighted by atomic mass is 9.81. The molecule has 4 rings (SSSR count). The number of piperidine rings is 1. The van der Waals surface area contributed by atoms with Gasteiger partial charge in [0.15, 0.2) is 0 Å². The highest BCUT2D eigenvalue weighted by Crippen LogP contribution is 2.37. The van der Waals surface area contributed by atoms with Gasteiger partial charge in [0.2, 0.25) is 5.91 Å². The Bertz CT molecular complexity index is 761. The summed E-state index contributed by atoms with van der Waals surface area (Å²) in [5.41, 5.74) is 2.17. The first-order valence-corrected chi connectivity index (χ1v) is 9.71. The number of ether oxygens (including phenoxy) is 2. The molecule has 2 aliphatic rings. The van der Waals surface area contributed by atoms with E-state index >= 15 is 0 Å². The number of likely N-dealkylation sites (tertiary alicyclic amines) is 1. The number of methoxy groups -OCH3 is 1. The second kappa shape index (κ2) is 7.41. The molecule has 2 aromatic rings. The number of rotatable bonds is 4. The van der Waals surface area contributed by atoms with E-state index in [1.165, 1.54) is 10.9 Å². The van der Waals surface area contributed by atoms with Crippen molar-refractivity contribution in [1.82, 2.24) is 9.88 Å². The predicted molar refractivity (Wildman–Crippen MR) is 101 cm³/mol. The summed E-state index contributed by atoms with van der Waals surface area (Å²) in [7, 11) is 1.78. The van der Waals surface area contributed by atoms with Gasteiger partial charge in [-0.25, -0.2) is 0 Å². The average Bonchev–Trinajstić information content (AvgIpc) is 3.10. The highest BCUT2D eigenvalue weighted by atomic mass is 16.5. The van der Waals surface area contributed by atoms with Crippen LogP contribution < -0.4 is 0 Å². The number of aryl methyl sites for hydroxylation is 1. The Hall–Kier alpha value is -1.85. The Labute approximate surface area is 154 Å². The number of nitrogens with zero attached hydrogens (tertiary/aromatic N) is 1. The molecule has 3 heterocycles. The normalized spacial score (nSPS) is 22.8. The van der Waals surface area contributed by atoms with Crippen molar-refractivity contribution in [2.45, 2.75) is 50.2 Å². The lowest BCUT2D eigenvalue weighted by Crippen LogP contribution is -2.56. The molecule has 2 aliphatic heterocycles. The van der Waals surface area contributed by atoms with Gasteiger partial charge >= 0.3 is 0 Å². The van der Waals surface area contributed by atoms with Crippen LogP contribution in [0.15, 0.2) is 30.5 Å². The van der Waals surface area contributed by atoms with E-state index in [4.69, 9.17) is 9.47 Å². The minimum atomic E-state index is -0.180. The number of carbonyl (C=O) groups is 1. The van der Waals surface area contributed by atoms with Crippen LogP contribution in [-0.2, 0) is 20.7 Å². The second-order valence-electron chi connectivity index (χ2n) is 7.52. The van der Waals surface area contributed by atoms with Gasteiger partial charge < -0.3 is 19.4 Å². The number of hydrogen-bond acceptors (Lipinski definition) is 3. The molecule has 0 bridgehead atoms. The first kappa shape index (κ1) is 17.6. The number of aromatic amines is 1. The monoisotopic (exact) mass is 356 g/mol. The van der Waals surface area contributed by atoms with Gasteiger partial charge in [-0.15, -0.1) is 0 Å². The smallest absolute Gasteiger partial charge is 0.222 e. The summed E-state index contributed by atoms with van der Waals surface area (Å²) in [4.78, 5) is 18.0. The summed E-state index contributed by atoms with van der Waals surface area (Å²) in [6, 6.07) is 8.25. The number of aromatic nitrogens is 1. The van der Waals surface area contributed by atoms with Crippen LogP contribution in [0.1, 0.15) is 37.7 Å². The number of hydrogen-bond donors (Lipinski definition) is 1. The molecule has 1 aromatic heterocycles. The van der Waals surface area contributed by atoms with Crippen LogP contribution in [0.5, 0.6) is 0 Å².